The third kappa shape index (κ3) is 3.23. The molecule has 124 valence electrons. The summed E-state index contributed by atoms with van der Waals surface area (Å²) in [7, 11) is 3.01. The molecule has 0 unspecified atom stereocenters. The Labute approximate surface area is 142 Å². The van der Waals surface area contributed by atoms with Gasteiger partial charge in [0.15, 0.2) is 17.3 Å². The molecule has 2 aromatic heterocycles. The molecule has 0 atom stereocenters. The second kappa shape index (κ2) is 7.14. The Hall–Kier alpha value is -2.87. The van der Waals surface area contributed by atoms with Gasteiger partial charge in [-0.25, -0.2) is 0 Å². The van der Waals surface area contributed by atoms with Crippen LogP contribution in [0.1, 0.15) is 16.2 Å². The van der Waals surface area contributed by atoms with Gasteiger partial charge in [-0.05, 0) is 23.6 Å². The molecule has 0 aliphatic carbocycles. The normalized spacial score (nSPS) is 10.4. The highest BCUT2D eigenvalue weighted by Crippen LogP contribution is 2.30. The van der Waals surface area contributed by atoms with Crippen LogP contribution in [0.4, 0.5) is 0 Å². The van der Waals surface area contributed by atoms with Crippen molar-refractivity contribution in [1.29, 1.82) is 0 Å². The molecule has 0 aliphatic rings. The van der Waals surface area contributed by atoms with Gasteiger partial charge in [-0.15, -0.1) is 11.3 Å². The number of rotatable bonds is 6. The number of carbonyl (C=O) groups excluding carboxylic acids is 1. The molecule has 0 bridgehead atoms. The maximum absolute atomic E-state index is 12.4. The molecule has 1 aromatic carbocycles. The van der Waals surface area contributed by atoms with Crippen molar-refractivity contribution in [1.82, 2.24) is 15.5 Å². The topological polar surface area (TPSA) is 86.5 Å². The van der Waals surface area contributed by atoms with Gasteiger partial charge in [-0.2, -0.15) is 4.98 Å². The minimum Gasteiger partial charge on any atom is -0.493 e. The van der Waals surface area contributed by atoms with Crippen molar-refractivity contribution in [3.05, 3.63) is 47.1 Å². The first kappa shape index (κ1) is 16.0. The number of benzene rings is 1. The number of hydrogen-bond donors (Lipinski definition) is 1. The van der Waals surface area contributed by atoms with Crippen molar-refractivity contribution in [2.24, 2.45) is 0 Å². The predicted octanol–water partition coefficient (Wildman–Crippen LogP) is 2.75. The third-order valence-electron chi connectivity index (χ3n) is 3.25. The van der Waals surface area contributed by atoms with Crippen LogP contribution in [0.2, 0.25) is 0 Å². The largest absolute Gasteiger partial charge is 0.493 e. The summed E-state index contributed by atoms with van der Waals surface area (Å²) >= 11 is 1.51. The number of hydrogen-bond acceptors (Lipinski definition) is 7. The average molecular weight is 345 g/mol. The van der Waals surface area contributed by atoms with Crippen LogP contribution < -0.4 is 14.8 Å². The van der Waals surface area contributed by atoms with E-state index < -0.39 is 0 Å². The number of ether oxygens (including phenoxy) is 2. The number of para-hydroxylation sites is 1. The van der Waals surface area contributed by atoms with Crippen molar-refractivity contribution in [3.63, 3.8) is 0 Å². The van der Waals surface area contributed by atoms with Gasteiger partial charge in [0.05, 0.1) is 31.2 Å². The molecule has 0 saturated heterocycles. The summed E-state index contributed by atoms with van der Waals surface area (Å²) in [5.74, 6) is 1.39. The van der Waals surface area contributed by atoms with E-state index in [0.29, 0.717) is 28.8 Å². The highest BCUT2D eigenvalue weighted by atomic mass is 32.1. The zero-order chi connectivity index (χ0) is 16.9. The lowest BCUT2D eigenvalue weighted by Gasteiger charge is -2.11. The number of nitrogens with zero attached hydrogens (tertiary/aromatic N) is 2. The van der Waals surface area contributed by atoms with E-state index in [0.717, 1.165) is 4.88 Å². The number of aromatic nitrogens is 2. The molecule has 0 radical (unpaired) electrons. The molecule has 0 aliphatic heterocycles. The Balaban J connectivity index is 1.70. The van der Waals surface area contributed by atoms with E-state index in [2.05, 4.69) is 15.5 Å². The third-order valence-corrected chi connectivity index (χ3v) is 4.11. The summed E-state index contributed by atoms with van der Waals surface area (Å²) < 4.78 is 15.6. The molecule has 2 heterocycles. The minimum atomic E-state index is -0.312. The van der Waals surface area contributed by atoms with Gasteiger partial charge in [0.25, 0.3) is 11.8 Å². The Kier molecular flexibility index (Phi) is 4.76. The summed E-state index contributed by atoms with van der Waals surface area (Å²) in [5, 5.41) is 8.53. The van der Waals surface area contributed by atoms with Crippen LogP contribution in [-0.2, 0) is 6.54 Å². The van der Waals surface area contributed by atoms with E-state index >= 15 is 0 Å². The van der Waals surface area contributed by atoms with Crippen LogP contribution in [0.5, 0.6) is 11.5 Å². The number of amides is 1. The lowest BCUT2D eigenvalue weighted by Crippen LogP contribution is -2.24. The van der Waals surface area contributed by atoms with Gasteiger partial charge in [0.2, 0.25) is 0 Å². The number of methoxy groups -OCH3 is 2. The Morgan fingerprint density at radius 1 is 1.25 bits per heavy atom. The molecule has 1 N–H and O–H groups in total. The molecule has 8 heteroatoms. The first-order chi connectivity index (χ1) is 11.7. The Bertz CT molecular complexity index is 830. The van der Waals surface area contributed by atoms with Gasteiger partial charge in [0.1, 0.15) is 0 Å². The molecule has 3 aromatic rings. The maximum atomic E-state index is 12.4. The first-order valence-electron chi connectivity index (χ1n) is 7.08. The molecular weight excluding hydrogens is 330 g/mol. The van der Waals surface area contributed by atoms with Crippen LogP contribution in [-0.4, -0.2) is 30.3 Å². The van der Waals surface area contributed by atoms with E-state index in [4.69, 9.17) is 14.0 Å². The zero-order valence-corrected chi connectivity index (χ0v) is 13.9. The fraction of sp³-hybridized carbons (Fsp3) is 0.188. The minimum absolute atomic E-state index is 0.147. The zero-order valence-electron chi connectivity index (χ0n) is 13.1. The Morgan fingerprint density at radius 2 is 2.12 bits per heavy atom. The van der Waals surface area contributed by atoms with Crippen molar-refractivity contribution >= 4 is 17.2 Å². The maximum Gasteiger partial charge on any atom is 0.268 e. The van der Waals surface area contributed by atoms with E-state index in [1.165, 1.54) is 25.6 Å². The molecule has 1 amide bonds. The predicted molar refractivity (Wildman–Crippen MR) is 88.3 cm³/mol. The highest BCUT2D eigenvalue weighted by molar-refractivity contribution is 7.13. The van der Waals surface area contributed by atoms with Gasteiger partial charge in [-0.1, -0.05) is 17.3 Å². The molecule has 7 nitrogen and oxygen atoms in total. The van der Waals surface area contributed by atoms with E-state index in [1.807, 2.05) is 17.5 Å². The van der Waals surface area contributed by atoms with E-state index in [1.54, 1.807) is 18.2 Å². The van der Waals surface area contributed by atoms with Gasteiger partial charge >= 0.3 is 0 Å². The van der Waals surface area contributed by atoms with Crippen LogP contribution in [0.15, 0.2) is 40.2 Å². The second-order valence-corrected chi connectivity index (χ2v) is 5.66. The second-order valence-electron chi connectivity index (χ2n) is 4.72. The summed E-state index contributed by atoms with van der Waals surface area (Å²) in [6, 6.07) is 8.90. The van der Waals surface area contributed by atoms with Crippen LogP contribution in [0.3, 0.4) is 0 Å². The number of carbonyl (C=O) groups is 1. The lowest BCUT2D eigenvalue weighted by molar-refractivity contribution is 0.0946. The van der Waals surface area contributed by atoms with Gasteiger partial charge in [0, 0.05) is 0 Å². The molecule has 0 fully saturated rings. The smallest absolute Gasteiger partial charge is 0.268 e. The van der Waals surface area contributed by atoms with Crippen LogP contribution in [0.25, 0.3) is 10.8 Å². The van der Waals surface area contributed by atoms with Crippen molar-refractivity contribution in [3.8, 4) is 22.3 Å². The standard InChI is InChI=1S/C16H15N3O4S/c1-21-11-6-3-5-10(14(11)22-2)15(20)17-9-13-18-16(23-19-13)12-7-4-8-24-12/h3-8H,9H2,1-2H3,(H,17,20). The monoisotopic (exact) mass is 345 g/mol. The van der Waals surface area contributed by atoms with Crippen molar-refractivity contribution < 1.29 is 18.8 Å². The van der Waals surface area contributed by atoms with Crippen molar-refractivity contribution in [2.75, 3.05) is 14.2 Å². The molecular formula is C16H15N3O4S. The van der Waals surface area contributed by atoms with Gasteiger partial charge < -0.3 is 19.3 Å². The summed E-state index contributed by atoms with van der Waals surface area (Å²) in [6.45, 7) is 0.147. The van der Waals surface area contributed by atoms with Gasteiger partial charge in [-0.3, -0.25) is 4.79 Å². The van der Waals surface area contributed by atoms with E-state index in [-0.39, 0.29) is 12.5 Å². The Morgan fingerprint density at radius 3 is 2.83 bits per heavy atom. The van der Waals surface area contributed by atoms with E-state index in [9.17, 15) is 4.79 Å². The van der Waals surface area contributed by atoms with Crippen LogP contribution >= 0.6 is 11.3 Å². The summed E-state index contributed by atoms with van der Waals surface area (Å²) in [4.78, 5) is 17.5. The molecule has 3 rings (SSSR count). The fourth-order valence-electron chi connectivity index (χ4n) is 2.15. The fourth-order valence-corrected chi connectivity index (χ4v) is 2.79. The lowest BCUT2D eigenvalue weighted by atomic mass is 10.1. The first-order valence-corrected chi connectivity index (χ1v) is 7.96. The molecule has 24 heavy (non-hydrogen) atoms. The summed E-state index contributed by atoms with van der Waals surface area (Å²) in [6.07, 6.45) is 0. The molecule has 0 saturated carbocycles. The van der Waals surface area contributed by atoms with Crippen LogP contribution in [0, 0.1) is 0 Å². The summed E-state index contributed by atoms with van der Waals surface area (Å²) in [5.41, 5.74) is 0.374. The highest BCUT2D eigenvalue weighted by Gasteiger charge is 2.17. The van der Waals surface area contributed by atoms with Crippen molar-refractivity contribution in [2.45, 2.75) is 6.54 Å². The average Bonchev–Trinajstić information content (AvgIpc) is 3.29. The number of nitrogens with one attached hydrogen (secondary N) is 1. The molecule has 0 spiro atoms. The SMILES string of the molecule is COc1cccc(C(=O)NCc2noc(-c3cccs3)n2)c1OC. The number of thiophene rings is 1. The quantitative estimate of drug-likeness (QED) is 0.739.